The lowest BCUT2D eigenvalue weighted by atomic mass is 10.1. The zero-order valence-corrected chi connectivity index (χ0v) is 9.39. The van der Waals surface area contributed by atoms with E-state index in [4.69, 9.17) is 0 Å². The van der Waals surface area contributed by atoms with Crippen molar-refractivity contribution in [2.24, 2.45) is 7.05 Å². The summed E-state index contributed by atoms with van der Waals surface area (Å²) in [7, 11) is 1.96. The summed E-state index contributed by atoms with van der Waals surface area (Å²) in [6, 6.07) is 7.43. The summed E-state index contributed by atoms with van der Waals surface area (Å²) in [4.78, 5) is 0. The van der Waals surface area contributed by atoms with Crippen LogP contribution in [0.15, 0.2) is 36.7 Å². The zero-order chi connectivity index (χ0) is 8.55. The van der Waals surface area contributed by atoms with Crippen LogP contribution in [0, 0.1) is 0 Å². The second-order valence-electron chi connectivity index (χ2n) is 2.89. The van der Waals surface area contributed by atoms with Crippen molar-refractivity contribution in [2.45, 2.75) is 0 Å². The lowest BCUT2D eigenvalue weighted by molar-refractivity contribution is -0.670. The molecule has 0 amide bonds. The maximum Gasteiger partial charge on any atom is 0.176 e. The van der Waals surface area contributed by atoms with E-state index in [1.807, 2.05) is 42.2 Å². The Bertz CT molecular complexity index is 428. The molecule has 0 spiro atoms. The molecule has 0 bridgehead atoms. The van der Waals surface area contributed by atoms with Crippen molar-refractivity contribution in [1.29, 1.82) is 0 Å². The van der Waals surface area contributed by atoms with Crippen LogP contribution in [0.4, 0.5) is 0 Å². The van der Waals surface area contributed by atoms with E-state index < -0.39 is 0 Å². The van der Waals surface area contributed by atoms with Gasteiger partial charge in [-0.15, -0.1) is 0 Å². The number of phenols is 1. The van der Waals surface area contributed by atoms with Crippen LogP contribution in [0.3, 0.4) is 0 Å². The largest absolute Gasteiger partial charge is 1.00 e. The van der Waals surface area contributed by atoms with E-state index >= 15 is 0 Å². The van der Waals surface area contributed by atoms with Gasteiger partial charge in [-0.05, 0) is 12.1 Å². The van der Waals surface area contributed by atoms with Gasteiger partial charge in [-0.3, -0.25) is 0 Å². The number of nitrogens with zero attached hydrogens (tertiary/aromatic N) is 1. The molecule has 68 valence electrons. The lowest BCUT2D eigenvalue weighted by Gasteiger charge is -1.97. The molecule has 0 saturated heterocycles. The highest BCUT2D eigenvalue weighted by Crippen LogP contribution is 2.21. The van der Waals surface area contributed by atoms with Gasteiger partial charge in [-0.2, -0.15) is 0 Å². The molecule has 0 radical (unpaired) electrons. The average molecular weight is 287 g/mol. The van der Waals surface area contributed by atoms with Crippen LogP contribution in [-0.2, 0) is 7.05 Å². The van der Waals surface area contributed by atoms with Crippen molar-refractivity contribution >= 4 is 10.8 Å². The molecule has 13 heavy (non-hydrogen) atoms. The molecule has 3 heteroatoms. The van der Waals surface area contributed by atoms with Crippen LogP contribution in [0.25, 0.3) is 10.8 Å². The number of benzene rings is 1. The first-order valence-electron chi connectivity index (χ1n) is 3.84. The third-order valence-electron chi connectivity index (χ3n) is 1.94. The van der Waals surface area contributed by atoms with Crippen LogP contribution in [0.2, 0.25) is 0 Å². The molecular formula is C10H10INO. The van der Waals surface area contributed by atoms with Crippen LogP contribution in [-0.4, -0.2) is 5.11 Å². The molecule has 0 aliphatic heterocycles. The Hall–Kier alpha value is -0.840. The van der Waals surface area contributed by atoms with E-state index in [1.54, 1.807) is 6.07 Å². The highest BCUT2D eigenvalue weighted by atomic mass is 127. The second kappa shape index (κ2) is 3.91. The van der Waals surface area contributed by atoms with Crippen molar-refractivity contribution in [3.8, 4) is 5.75 Å². The Kier molecular flexibility index (Phi) is 3.08. The maximum absolute atomic E-state index is 9.45. The fourth-order valence-electron chi connectivity index (χ4n) is 1.32. The van der Waals surface area contributed by atoms with Gasteiger partial charge >= 0.3 is 0 Å². The first-order valence-corrected chi connectivity index (χ1v) is 3.84. The molecule has 0 atom stereocenters. The first kappa shape index (κ1) is 10.2. The molecule has 0 aliphatic carbocycles. The number of hydrogen-bond donors (Lipinski definition) is 1. The minimum Gasteiger partial charge on any atom is -1.00 e. The van der Waals surface area contributed by atoms with Crippen molar-refractivity contribution in [3.63, 3.8) is 0 Å². The molecule has 1 aromatic heterocycles. The van der Waals surface area contributed by atoms with Gasteiger partial charge in [0.15, 0.2) is 12.4 Å². The molecule has 1 aromatic carbocycles. The third kappa shape index (κ3) is 1.91. The molecule has 2 rings (SSSR count). The minimum atomic E-state index is 0. The Morgan fingerprint density at radius 2 is 2.00 bits per heavy atom. The zero-order valence-electron chi connectivity index (χ0n) is 7.24. The van der Waals surface area contributed by atoms with E-state index in [9.17, 15) is 5.11 Å². The summed E-state index contributed by atoms with van der Waals surface area (Å²) in [5.41, 5.74) is 0. The van der Waals surface area contributed by atoms with Gasteiger partial charge < -0.3 is 29.1 Å². The maximum atomic E-state index is 9.45. The minimum absolute atomic E-state index is 0. The van der Waals surface area contributed by atoms with Crippen LogP contribution >= 0.6 is 0 Å². The predicted octanol–water partition coefficient (Wildman–Crippen LogP) is -1.63. The fourth-order valence-corrected chi connectivity index (χ4v) is 1.32. The van der Waals surface area contributed by atoms with Crippen molar-refractivity contribution in [2.75, 3.05) is 0 Å². The number of aromatic nitrogens is 1. The van der Waals surface area contributed by atoms with Gasteiger partial charge in [0.1, 0.15) is 12.8 Å². The van der Waals surface area contributed by atoms with E-state index in [2.05, 4.69) is 0 Å². The topological polar surface area (TPSA) is 24.1 Å². The molecule has 0 unspecified atom stereocenters. The van der Waals surface area contributed by atoms with E-state index in [-0.39, 0.29) is 24.0 Å². The molecule has 2 nitrogen and oxygen atoms in total. The second-order valence-corrected chi connectivity index (χ2v) is 2.89. The number of aryl methyl sites for hydroxylation is 1. The predicted molar refractivity (Wildman–Crippen MR) is 46.8 cm³/mol. The summed E-state index contributed by atoms with van der Waals surface area (Å²) in [6.07, 6.45) is 3.90. The highest BCUT2D eigenvalue weighted by molar-refractivity contribution is 5.86. The molecule has 1 N–H and O–H groups in total. The third-order valence-corrected chi connectivity index (χ3v) is 1.94. The van der Waals surface area contributed by atoms with Gasteiger partial charge in [0.05, 0.1) is 0 Å². The summed E-state index contributed by atoms with van der Waals surface area (Å²) in [6.45, 7) is 0. The van der Waals surface area contributed by atoms with Crippen molar-refractivity contribution < 1.29 is 33.7 Å². The smallest absolute Gasteiger partial charge is 0.176 e. The SMILES string of the molecule is C[n+]1ccc2c(O)cccc2c1.[I-]. The van der Waals surface area contributed by atoms with Gasteiger partial charge in [-0.1, -0.05) is 6.07 Å². The van der Waals surface area contributed by atoms with E-state index in [0.29, 0.717) is 5.75 Å². The van der Waals surface area contributed by atoms with Gasteiger partial charge in [0.25, 0.3) is 0 Å². The Labute approximate surface area is 93.8 Å². The molecule has 0 saturated carbocycles. The van der Waals surface area contributed by atoms with Crippen molar-refractivity contribution in [3.05, 3.63) is 36.7 Å². The number of halogens is 1. The Balaban J connectivity index is 0.000000845. The number of phenolic OH excluding ortho intramolecular Hbond substituents is 1. The molecule has 1 heterocycles. The average Bonchev–Trinajstić information content (AvgIpc) is 2.04. The highest BCUT2D eigenvalue weighted by Gasteiger charge is 2.01. The summed E-state index contributed by atoms with van der Waals surface area (Å²) >= 11 is 0. The molecular weight excluding hydrogens is 277 g/mol. The summed E-state index contributed by atoms with van der Waals surface area (Å²) in [5.74, 6) is 0.341. The lowest BCUT2D eigenvalue weighted by Crippen LogP contribution is -3.00. The normalized spacial score (nSPS) is 9.62. The number of fused-ring (bicyclic) bond motifs is 1. The standard InChI is InChI=1S/C10H9NO.HI/c1-11-6-5-9-8(7-11)3-2-4-10(9)12;/h2-7H,1H3;1H. The van der Waals surface area contributed by atoms with Gasteiger partial charge in [0, 0.05) is 16.8 Å². The van der Waals surface area contributed by atoms with Crippen molar-refractivity contribution in [1.82, 2.24) is 0 Å². The van der Waals surface area contributed by atoms with Gasteiger partial charge in [-0.25, -0.2) is 4.57 Å². The molecule has 0 fully saturated rings. The molecule has 0 aliphatic rings. The Morgan fingerprint density at radius 1 is 1.23 bits per heavy atom. The summed E-state index contributed by atoms with van der Waals surface area (Å²) < 4.78 is 1.96. The van der Waals surface area contributed by atoms with Crippen LogP contribution in [0.5, 0.6) is 5.75 Å². The van der Waals surface area contributed by atoms with Crippen LogP contribution < -0.4 is 28.5 Å². The number of hydrogen-bond acceptors (Lipinski definition) is 1. The monoisotopic (exact) mass is 287 g/mol. The Morgan fingerprint density at radius 3 is 2.77 bits per heavy atom. The fraction of sp³-hybridized carbons (Fsp3) is 0.100. The van der Waals surface area contributed by atoms with E-state index in [1.165, 1.54) is 0 Å². The molecule has 2 aromatic rings. The van der Waals surface area contributed by atoms with E-state index in [0.717, 1.165) is 10.8 Å². The quantitative estimate of drug-likeness (QED) is 0.457. The van der Waals surface area contributed by atoms with Crippen LogP contribution in [0.1, 0.15) is 0 Å². The number of pyridine rings is 1. The summed E-state index contributed by atoms with van der Waals surface area (Å²) in [5, 5.41) is 11.4. The number of aromatic hydroxyl groups is 1. The number of rotatable bonds is 0. The van der Waals surface area contributed by atoms with Gasteiger partial charge in [0.2, 0.25) is 0 Å². The first-order chi connectivity index (χ1) is 5.77.